The molecule has 1 aliphatic heterocycles. The zero-order valence-corrected chi connectivity index (χ0v) is 21.6. The predicted octanol–water partition coefficient (Wildman–Crippen LogP) is 6.51. The predicted molar refractivity (Wildman–Crippen MR) is 146 cm³/mol. The lowest BCUT2D eigenvalue weighted by Gasteiger charge is -2.32. The van der Waals surface area contributed by atoms with Gasteiger partial charge in [0.15, 0.2) is 5.85 Å². The normalized spacial score (nSPS) is 23.4. The second-order valence-corrected chi connectivity index (χ2v) is 15.3. The topological polar surface area (TPSA) is 46.6 Å². The van der Waals surface area contributed by atoms with Crippen LogP contribution in [-0.2, 0) is 14.0 Å². The molecule has 5 rings (SSSR count). The van der Waals surface area contributed by atoms with E-state index in [-0.39, 0.29) is 6.04 Å². The highest BCUT2D eigenvalue weighted by Crippen LogP contribution is 2.66. The van der Waals surface area contributed by atoms with Crippen molar-refractivity contribution in [2.24, 2.45) is 0 Å². The first-order valence-electron chi connectivity index (χ1n) is 11.7. The number of hydrogen-bond donors (Lipinski definition) is 0. The van der Waals surface area contributed by atoms with Gasteiger partial charge in [0.1, 0.15) is 14.3 Å². The molecule has 2 unspecified atom stereocenters. The summed E-state index contributed by atoms with van der Waals surface area (Å²) < 4.78 is 29.4. The van der Waals surface area contributed by atoms with Crippen LogP contribution in [0.2, 0.25) is 0 Å². The molecule has 5 atom stereocenters. The number of para-hydroxylation sites is 1. The Morgan fingerprint density at radius 1 is 0.600 bits per heavy atom. The number of benzene rings is 4. The maximum Gasteiger partial charge on any atom is 0.154 e. The van der Waals surface area contributed by atoms with Crippen LogP contribution in [0.3, 0.4) is 0 Å². The highest BCUT2D eigenvalue weighted by atomic mass is 31.2. The lowest BCUT2D eigenvalue weighted by atomic mass is 10.0. The van der Waals surface area contributed by atoms with Gasteiger partial charge in [-0.2, -0.15) is 0 Å². The van der Waals surface area contributed by atoms with E-state index in [1.54, 1.807) is 6.66 Å². The Morgan fingerprint density at radius 2 is 1.03 bits per heavy atom. The molecule has 4 aromatic rings. The summed E-state index contributed by atoms with van der Waals surface area (Å²) in [7, 11) is -6.20. The smallest absolute Gasteiger partial charge is 0.154 e. The second-order valence-electron chi connectivity index (χ2n) is 9.15. The number of anilines is 1. The Labute approximate surface area is 207 Å². The van der Waals surface area contributed by atoms with Crippen molar-refractivity contribution in [1.29, 1.82) is 0 Å². The third-order valence-corrected chi connectivity index (χ3v) is 12.8. The second kappa shape index (κ2) is 9.63. The van der Waals surface area contributed by atoms with Gasteiger partial charge in [-0.15, -0.1) is 0 Å². The van der Waals surface area contributed by atoms with E-state index in [1.165, 1.54) is 0 Å². The maximum absolute atomic E-state index is 14.8. The summed E-state index contributed by atoms with van der Waals surface area (Å²) in [5.41, 5.74) is 1.30. The van der Waals surface area contributed by atoms with Crippen LogP contribution in [-0.4, -0.2) is 24.8 Å². The van der Waals surface area contributed by atoms with Gasteiger partial charge in [0.2, 0.25) is 0 Å². The van der Waals surface area contributed by atoms with Gasteiger partial charge < -0.3 is 9.13 Å². The van der Waals surface area contributed by atoms with Gasteiger partial charge in [0, 0.05) is 10.6 Å². The minimum absolute atomic E-state index is 0.378. The van der Waals surface area contributed by atoms with Gasteiger partial charge >= 0.3 is 0 Å². The molecule has 35 heavy (non-hydrogen) atoms. The standard InChI is InChI=1S/C29H29NO3P2/c1-34(31,25-19-11-5-12-20-25)28-27(23-15-7-3-8-16-23)30(24-17-9-4-10-18-24)33-29(28)35(2,32)26-21-13-6-14-22-26/h3-22,27-29H,1-2H3/t27-,28-,29+,34?,35?/m0/s1. The molecule has 6 heteroatoms. The van der Waals surface area contributed by atoms with Gasteiger partial charge in [-0.3, -0.25) is 4.84 Å². The van der Waals surface area contributed by atoms with Crippen LogP contribution in [0.15, 0.2) is 121 Å². The molecule has 0 aromatic heterocycles. The lowest BCUT2D eigenvalue weighted by Crippen LogP contribution is -2.33. The molecule has 1 heterocycles. The third-order valence-electron chi connectivity index (χ3n) is 6.83. The first kappa shape index (κ1) is 23.8. The summed E-state index contributed by atoms with van der Waals surface area (Å²) >= 11 is 0. The maximum atomic E-state index is 14.8. The van der Waals surface area contributed by atoms with Gasteiger partial charge in [-0.25, -0.2) is 5.06 Å². The van der Waals surface area contributed by atoms with Crippen molar-refractivity contribution >= 4 is 30.6 Å². The van der Waals surface area contributed by atoms with Crippen LogP contribution in [0, 0.1) is 0 Å². The molecule has 0 bridgehead atoms. The highest BCUT2D eigenvalue weighted by molar-refractivity contribution is 7.75. The quantitative estimate of drug-likeness (QED) is 0.283. The monoisotopic (exact) mass is 501 g/mol. The van der Waals surface area contributed by atoms with Crippen molar-refractivity contribution in [3.05, 3.63) is 127 Å². The molecule has 0 amide bonds. The molecule has 1 aliphatic rings. The van der Waals surface area contributed by atoms with Crippen molar-refractivity contribution in [3.8, 4) is 0 Å². The fraction of sp³-hybridized carbons (Fsp3) is 0.172. The molecule has 4 nitrogen and oxygen atoms in total. The van der Waals surface area contributed by atoms with Gasteiger partial charge in [0.25, 0.3) is 0 Å². The van der Waals surface area contributed by atoms with Gasteiger partial charge in [-0.05, 0) is 31.0 Å². The largest absolute Gasteiger partial charge is 0.318 e. The molecule has 0 radical (unpaired) electrons. The van der Waals surface area contributed by atoms with Gasteiger partial charge in [0.05, 0.1) is 17.4 Å². The van der Waals surface area contributed by atoms with Gasteiger partial charge in [-0.1, -0.05) is 109 Å². The molecule has 4 aromatic carbocycles. The molecule has 0 saturated carbocycles. The molecule has 1 fully saturated rings. The molecule has 178 valence electrons. The number of rotatable bonds is 6. The van der Waals surface area contributed by atoms with Crippen LogP contribution in [0.1, 0.15) is 11.6 Å². The molecule has 1 saturated heterocycles. The minimum atomic E-state index is -3.12. The minimum Gasteiger partial charge on any atom is -0.318 e. The summed E-state index contributed by atoms with van der Waals surface area (Å²) in [6.07, 6.45) is 0. The van der Waals surface area contributed by atoms with Crippen molar-refractivity contribution in [2.75, 3.05) is 18.4 Å². The Balaban J connectivity index is 1.74. The van der Waals surface area contributed by atoms with Crippen molar-refractivity contribution in [1.82, 2.24) is 0 Å². The van der Waals surface area contributed by atoms with E-state index >= 15 is 0 Å². The average molecular weight is 502 g/mol. The number of hydrogen-bond acceptors (Lipinski definition) is 4. The average Bonchev–Trinajstić information content (AvgIpc) is 3.33. The molecular weight excluding hydrogens is 472 g/mol. The zero-order valence-electron chi connectivity index (χ0n) is 19.8. The van der Waals surface area contributed by atoms with E-state index in [0.717, 1.165) is 21.9 Å². The van der Waals surface area contributed by atoms with Crippen LogP contribution in [0.25, 0.3) is 0 Å². The van der Waals surface area contributed by atoms with E-state index in [2.05, 4.69) is 0 Å². The molecule has 0 aliphatic carbocycles. The van der Waals surface area contributed by atoms with E-state index in [4.69, 9.17) is 4.84 Å². The third kappa shape index (κ3) is 4.43. The number of nitrogens with zero attached hydrogens (tertiary/aromatic N) is 1. The van der Waals surface area contributed by atoms with Crippen molar-refractivity contribution in [2.45, 2.75) is 17.5 Å². The summed E-state index contributed by atoms with van der Waals surface area (Å²) in [6, 6.07) is 38.4. The summed E-state index contributed by atoms with van der Waals surface area (Å²) in [4.78, 5) is 6.65. The zero-order chi connectivity index (χ0) is 24.5. The lowest BCUT2D eigenvalue weighted by molar-refractivity contribution is 0.131. The first-order valence-corrected chi connectivity index (χ1v) is 16.2. The molecular formula is C29H29NO3P2. The molecule has 0 spiro atoms. The molecule has 0 N–H and O–H groups in total. The summed E-state index contributed by atoms with van der Waals surface area (Å²) in [5.74, 6) is -0.758. The Hall–Kier alpha value is -2.90. The number of hydroxylamine groups is 1. The first-order chi connectivity index (χ1) is 16.9. The fourth-order valence-electron chi connectivity index (χ4n) is 4.98. The van der Waals surface area contributed by atoms with E-state index < -0.39 is 25.8 Å². The van der Waals surface area contributed by atoms with Crippen LogP contribution in [0.4, 0.5) is 5.69 Å². The van der Waals surface area contributed by atoms with Crippen LogP contribution >= 0.6 is 14.3 Å². The van der Waals surface area contributed by atoms with Crippen LogP contribution < -0.4 is 15.7 Å². The summed E-state index contributed by atoms with van der Waals surface area (Å²) in [5, 5.41) is 3.33. The Bertz CT molecular complexity index is 1360. The van der Waals surface area contributed by atoms with Crippen molar-refractivity contribution in [3.63, 3.8) is 0 Å². The van der Waals surface area contributed by atoms with E-state index in [0.29, 0.717) is 0 Å². The summed E-state index contributed by atoms with van der Waals surface area (Å²) in [6.45, 7) is 3.58. The van der Waals surface area contributed by atoms with E-state index in [9.17, 15) is 9.13 Å². The van der Waals surface area contributed by atoms with E-state index in [1.807, 2.05) is 133 Å². The SMILES string of the molecule is CP(=O)(c1ccccc1)[C@H]1[C@H](c2ccccc2)N(c2ccccc2)O[C@@H]1P(C)(=O)c1ccccc1. The highest BCUT2D eigenvalue weighted by Gasteiger charge is 2.57. The fourth-order valence-corrected chi connectivity index (χ4v) is 11.1. The Morgan fingerprint density at radius 3 is 1.54 bits per heavy atom. The Kier molecular flexibility index (Phi) is 6.55. The van der Waals surface area contributed by atoms with Crippen LogP contribution in [0.5, 0.6) is 0 Å². The van der Waals surface area contributed by atoms with Crippen molar-refractivity contribution < 1.29 is 14.0 Å².